The number of aromatic nitrogens is 1. The molecule has 4 rings (SSSR count). The number of carbonyl (C=O) groups is 1. The fourth-order valence-electron chi connectivity index (χ4n) is 3.60. The molecule has 1 atom stereocenters. The quantitative estimate of drug-likeness (QED) is 0.691. The monoisotopic (exact) mass is 396 g/mol. The molecular weight excluding hydrogens is 372 g/mol. The number of nitrogens with zero attached hydrogens (tertiary/aromatic N) is 3. The molecule has 1 amide bonds. The topological polar surface area (TPSA) is 61.6 Å². The first kappa shape index (κ1) is 18.9. The van der Waals surface area contributed by atoms with Crippen LogP contribution in [0.15, 0.2) is 57.7 Å². The summed E-state index contributed by atoms with van der Waals surface area (Å²) in [6, 6.07) is 13.5. The Balaban J connectivity index is 1.46. The summed E-state index contributed by atoms with van der Waals surface area (Å²) in [4.78, 5) is 17.8. The highest BCUT2D eigenvalue weighted by atomic mass is 32.1. The second-order valence-corrected chi connectivity index (χ2v) is 7.85. The van der Waals surface area contributed by atoms with Gasteiger partial charge < -0.3 is 9.84 Å². The third-order valence-electron chi connectivity index (χ3n) is 5.00. The van der Waals surface area contributed by atoms with E-state index in [0.29, 0.717) is 11.6 Å². The van der Waals surface area contributed by atoms with Crippen molar-refractivity contribution >= 4 is 23.1 Å². The molecule has 2 aromatic heterocycles. The number of piperazine rings is 1. The van der Waals surface area contributed by atoms with Gasteiger partial charge >= 0.3 is 0 Å². The Morgan fingerprint density at radius 2 is 2.00 bits per heavy atom. The van der Waals surface area contributed by atoms with Crippen molar-refractivity contribution in [1.29, 1.82) is 0 Å². The van der Waals surface area contributed by atoms with Gasteiger partial charge in [-0.2, -0.15) is 11.3 Å². The third kappa shape index (κ3) is 4.49. The Bertz CT molecular complexity index is 886. The molecular formula is C21H24N4O2S. The zero-order chi connectivity index (χ0) is 19.3. The number of amides is 1. The zero-order valence-corrected chi connectivity index (χ0v) is 16.7. The van der Waals surface area contributed by atoms with Gasteiger partial charge in [-0.05, 0) is 34.9 Å². The number of hydrogen-bond acceptors (Lipinski definition) is 6. The van der Waals surface area contributed by atoms with Crippen LogP contribution in [0.2, 0.25) is 0 Å². The molecule has 1 unspecified atom stereocenters. The maximum absolute atomic E-state index is 13.1. The van der Waals surface area contributed by atoms with Crippen molar-refractivity contribution in [3.8, 4) is 0 Å². The van der Waals surface area contributed by atoms with Crippen molar-refractivity contribution in [3.63, 3.8) is 0 Å². The van der Waals surface area contributed by atoms with Gasteiger partial charge in [0.05, 0.1) is 0 Å². The van der Waals surface area contributed by atoms with E-state index in [1.807, 2.05) is 37.3 Å². The predicted octanol–water partition coefficient (Wildman–Crippen LogP) is 3.54. The summed E-state index contributed by atoms with van der Waals surface area (Å²) in [5.41, 5.74) is 2.35. The van der Waals surface area contributed by atoms with Crippen LogP contribution < -0.4 is 5.32 Å². The number of carbonyl (C=O) groups excluding carboxylic acids is 1. The van der Waals surface area contributed by atoms with E-state index in [1.54, 1.807) is 17.4 Å². The fraction of sp³-hybridized carbons (Fsp3) is 0.333. The zero-order valence-electron chi connectivity index (χ0n) is 15.9. The molecule has 0 spiro atoms. The Labute approximate surface area is 168 Å². The Morgan fingerprint density at radius 1 is 1.21 bits per heavy atom. The van der Waals surface area contributed by atoms with Crippen LogP contribution in [0.25, 0.3) is 0 Å². The molecule has 1 N–H and O–H groups in total. The standard InChI is InChI=1S/C21H24N4O2S/c1-16-13-19(23-27-16)22-21(26)20(18-5-3-2-4-6-18)25-10-8-24(9-11-25)14-17-7-12-28-15-17/h2-7,12-13,15,20H,8-11,14H2,1H3,(H,22,23,26). The lowest BCUT2D eigenvalue weighted by Crippen LogP contribution is -2.49. The van der Waals surface area contributed by atoms with Crippen molar-refractivity contribution in [3.05, 3.63) is 70.1 Å². The lowest BCUT2D eigenvalue weighted by molar-refractivity contribution is -0.122. The molecule has 146 valence electrons. The van der Waals surface area contributed by atoms with E-state index in [4.69, 9.17) is 4.52 Å². The maximum Gasteiger partial charge on any atom is 0.247 e. The normalized spacial score (nSPS) is 16.8. The number of anilines is 1. The first-order chi connectivity index (χ1) is 13.7. The minimum Gasteiger partial charge on any atom is -0.360 e. The molecule has 28 heavy (non-hydrogen) atoms. The SMILES string of the molecule is Cc1cc(NC(=O)C(c2ccccc2)N2CCN(Cc3ccsc3)CC2)no1. The summed E-state index contributed by atoms with van der Waals surface area (Å²) in [6.45, 7) is 6.34. The van der Waals surface area contributed by atoms with Crippen LogP contribution in [0, 0.1) is 6.92 Å². The molecule has 3 heterocycles. The van der Waals surface area contributed by atoms with Crippen molar-refractivity contribution in [1.82, 2.24) is 15.0 Å². The van der Waals surface area contributed by atoms with Gasteiger partial charge in [0.25, 0.3) is 0 Å². The summed E-state index contributed by atoms with van der Waals surface area (Å²) in [6.07, 6.45) is 0. The first-order valence-corrected chi connectivity index (χ1v) is 10.4. The number of aryl methyl sites for hydroxylation is 1. The highest BCUT2D eigenvalue weighted by Crippen LogP contribution is 2.25. The van der Waals surface area contributed by atoms with Crippen molar-refractivity contribution in [2.45, 2.75) is 19.5 Å². The second-order valence-electron chi connectivity index (χ2n) is 7.07. The van der Waals surface area contributed by atoms with Gasteiger partial charge in [0, 0.05) is 38.8 Å². The highest BCUT2D eigenvalue weighted by Gasteiger charge is 2.31. The van der Waals surface area contributed by atoms with E-state index < -0.39 is 0 Å². The Hall–Kier alpha value is -2.48. The number of thiophene rings is 1. The van der Waals surface area contributed by atoms with Crippen LogP contribution in [0.4, 0.5) is 5.82 Å². The Kier molecular flexibility index (Phi) is 5.85. The van der Waals surface area contributed by atoms with E-state index in [1.165, 1.54) is 5.56 Å². The van der Waals surface area contributed by atoms with Gasteiger partial charge in [-0.1, -0.05) is 35.5 Å². The van der Waals surface area contributed by atoms with Crippen LogP contribution in [0.5, 0.6) is 0 Å². The summed E-state index contributed by atoms with van der Waals surface area (Å²) in [7, 11) is 0. The first-order valence-electron chi connectivity index (χ1n) is 9.45. The van der Waals surface area contributed by atoms with Gasteiger partial charge in [0.1, 0.15) is 11.8 Å². The molecule has 1 aromatic carbocycles. The number of benzene rings is 1. The number of rotatable bonds is 6. The van der Waals surface area contributed by atoms with Gasteiger partial charge in [0.2, 0.25) is 5.91 Å². The van der Waals surface area contributed by atoms with E-state index in [2.05, 4.69) is 37.1 Å². The van der Waals surface area contributed by atoms with E-state index in [9.17, 15) is 4.79 Å². The van der Waals surface area contributed by atoms with E-state index in [0.717, 1.165) is 38.3 Å². The molecule has 0 saturated carbocycles. The van der Waals surface area contributed by atoms with Gasteiger partial charge in [-0.15, -0.1) is 0 Å². The summed E-state index contributed by atoms with van der Waals surface area (Å²) in [5.74, 6) is 1.05. The van der Waals surface area contributed by atoms with Gasteiger partial charge in [-0.25, -0.2) is 0 Å². The molecule has 6 nitrogen and oxygen atoms in total. The minimum atomic E-state index is -0.346. The molecule has 1 aliphatic heterocycles. The molecule has 1 fully saturated rings. The molecule has 0 radical (unpaired) electrons. The molecule has 3 aromatic rings. The number of hydrogen-bond donors (Lipinski definition) is 1. The summed E-state index contributed by atoms with van der Waals surface area (Å²) >= 11 is 1.73. The average molecular weight is 397 g/mol. The lowest BCUT2D eigenvalue weighted by atomic mass is 10.0. The van der Waals surface area contributed by atoms with Crippen LogP contribution >= 0.6 is 11.3 Å². The second kappa shape index (κ2) is 8.68. The smallest absolute Gasteiger partial charge is 0.247 e. The Morgan fingerprint density at radius 3 is 2.64 bits per heavy atom. The minimum absolute atomic E-state index is 0.0780. The summed E-state index contributed by atoms with van der Waals surface area (Å²) < 4.78 is 5.08. The molecule has 0 bridgehead atoms. The largest absolute Gasteiger partial charge is 0.360 e. The van der Waals surface area contributed by atoms with E-state index >= 15 is 0 Å². The fourth-order valence-corrected chi connectivity index (χ4v) is 4.26. The molecule has 0 aliphatic carbocycles. The van der Waals surface area contributed by atoms with E-state index in [-0.39, 0.29) is 11.9 Å². The predicted molar refractivity (Wildman–Crippen MR) is 110 cm³/mol. The van der Waals surface area contributed by atoms with Crippen molar-refractivity contribution < 1.29 is 9.32 Å². The number of nitrogens with one attached hydrogen (secondary N) is 1. The van der Waals surface area contributed by atoms with Crippen LogP contribution in [0.1, 0.15) is 22.9 Å². The highest BCUT2D eigenvalue weighted by molar-refractivity contribution is 7.07. The van der Waals surface area contributed by atoms with Crippen LogP contribution in [-0.2, 0) is 11.3 Å². The van der Waals surface area contributed by atoms with Crippen molar-refractivity contribution in [2.24, 2.45) is 0 Å². The average Bonchev–Trinajstić information content (AvgIpc) is 3.36. The molecule has 1 aliphatic rings. The van der Waals surface area contributed by atoms with Crippen molar-refractivity contribution in [2.75, 3.05) is 31.5 Å². The summed E-state index contributed by atoms with van der Waals surface area (Å²) in [5, 5.41) is 11.1. The third-order valence-corrected chi connectivity index (χ3v) is 5.73. The lowest BCUT2D eigenvalue weighted by Gasteiger charge is -2.38. The van der Waals surface area contributed by atoms with Crippen LogP contribution in [-0.4, -0.2) is 47.0 Å². The van der Waals surface area contributed by atoms with Crippen LogP contribution in [0.3, 0.4) is 0 Å². The maximum atomic E-state index is 13.1. The molecule has 7 heteroatoms. The molecule has 1 saturated heterocycles. The van der Waals surface area contributed by atoms with Gasteiger partial charge in [0.15, 0.2) is 5.82 Å². The van der Waals surface area contributed by atoms with Gasteiger partial charge in [-0.3, -0.25) is 14.6 Å².